The molecular formula is C12H24. The number of hydrogen-bond acceptors (Lipinski definition) is 0. The Bertz CT molecular complexity index is 107. The average Bonchev–Trinajstić information content (AvgIpc) is 2.05. The molecule has 0 aromatic carbocycles. The summed E-state index contributed by atoms with van der Waals surface area (Å²) in [5.74, 6) is 2.10. The van der Waals surface area contributed by atoms with Crippen LogP contribution in [-0.2, 0) is 0 Å². The van der Waals surface area contributed by atoms with Gasteiger partial charge in [-0.25, -0.2) is 0 Å². The molecule has 0 nitrogen and oxygen atoms in total. The van der Waals surface area contributed by atoms with E-state index in [0.717, 1.165) is 11.8 Å². The van der Waals surface area contributed by atoms with E-state index < -0.39 is 0 Å². The summed E-state index contributed by atoms with van der Waals surface area (Å²) in [5, 5.41) is 0. The van der Waals surface area contributed by atoms with Gasteiger partial charge in [0.1, 0.15) is 0 Å². The Kier molecular flexibility index (Phi) is 4.72. The van der Waals surface area contributed by atoms with Crippen LogP contribution >= 0.6 is 0 Å². The lowest BCUT2D eigenvalue weighted by Crippen LogP contribution is -2.12. The van der Waals surface area contributed by atoms with Crippen LogP contribution in [0.5, 0.6) is 0 Å². The van der Waals surface area contributed by atoms with Crippen LogP contribution in [0.25, 0.3) is 0 Å². The zero-order chi connectivity index (χ0) is 8.81. The Morgan fingerprint density at radius 3 is 2.67 bits per heavy atom. The summed E-state index contributed by atoms with van der Waals surface area (Å²) in [6.45, 7) is 4.72. The third-order valence-corrected chi connectivity index (χ3v) is 3.26. The van der Waals surface area contributed by atoms with Gasteiger partial charge >= 0.3 is 0 Å². The molecule has 0 spiro atoms. The third kappa shape index (κ3) is 3.60. The summed E-state index contributed by atoms with van der Waals surface area (Å²) in [5.41, 5.74) is 0. The number of unbranched alkanes of at least 4 members (excludes halogenated alkanes) is 2. The lowest BCUT2D eigenvalue weighted by atomic mass is 9.80. The quantitative estimate of drug-likeness (QED) is 0.546. The maximum Gasteiger partial charge on any atom is -0.0412 e. The van der Waals surface area contributed by atoms with E-state index in [1.165, 1.54) is 51.4 Å². The number of hydrogen-bond donors (Lipinski definition) is 0. The summed E-state index contributed by atoms with van der Waals surface area (Å²) in [4.78, 5) is 0. The molecule has 0 heterocycles. The summed E-state index contributed by atoms with van der Waals surface area (Å²) < 4.78 is 0. The largest absolute Gasteiger partial charge is 0.0654 e. The van der Waals surface area contributed by atoms with E-state index in [4.69, 9.17) is 0 Å². The molecule has 0 amide bonds. The fourth-order valence-corrected chi connectivity index (χ4v) is 2.50. The molecule has 0 aliphatic heterocycles. The van der Waals surface area contributed by atoms with Gasteiger partial charge in [-0.05, 0) is 18.3 Å². The first-order valence-electron chi connectivity index (χ1n) is 5.83. The highest BCUT2D eigenvalue weighted by molar-refractivity contribution is 4.70. The van der Waals surface area contributed by atoms with Crippen LogP contribution in [0, 0.1) is 11.8 Å². The fourth-order valence-electron chi connectivity index (χ4n) is 2.50. The molecule has 1 aliphatic rings. The highest BCUT2D eigenvalue weighted by Gasteiger charge is 2.17. The van der Waals surface area contributed by atoms with Gasteiger partial charge in [-0.3, -0.25) is 0 Å². The monoisotopic (exact) mass is 168 g/mol. The first-order chi connectivity index (χ1) is 5.83. The third-order valence-electron chi connectivity index (χ3n) is 3.26. The molecule has 1 fully saturated rings. The van der Waals surface area contributed by atoms with E-state index in [2.05, 4.69) is 13.8 Å². The summed E-state index contributed by atoms with van der Waals surface area (Å²) in [6.07, 6.45) is 11.8. The van der Waals surface area contributed by atoms with Gasteiger partial charge in [0, 0.05) is 0 Å². The molecule has 2 unspecified atom stereocenters. The van der Waals surface area contributed by atoms with Crippen molar-refractivity contribution < 1.29 is 0 Å². The molecule has 1 saturated carbocycles. The van der Waals surface area contributed by atoms with E-state index in [1.54, 1.807) is 0 Å². The Morgan fingerprint density at radius 2 is 2.00 bits per heavy atom. The van der Waals surface area contributed by atoms with Gasteiger partial charge in [0.25, 0.3) is 0 Å². The van der Waals surface area contributed by atoms with Gasteiger partial charge in [-0.1, -0.05) is 58.8 Å². The predicted octanol–water partition coefficient (Wildman–Crippen LogP) is 4.39. The molecule has 1 rings (SSSR count). The van der Waals surface area contributed by atoms with Crippen molar-refractivity contribution in [3.05, 3.63) is 0 Å². The molecule has 0 bridgehead atoms. The highest BCUT2D eigenvalue weighted by atomic mass is 14.2. The molecule has 0 radical (unpaired) electrons. The molecule has 12 heavy (non-hydrogen) atoms. The molecule has 0 saturated heterocycles. The van der Waals surface area contributed by atoms with Crippen LogP contribution in [-0.4, -0.2) is 0 Å². The Balaban J connectivity index is 2.06. The lowest BCUT2D eigenvalue weighted by Gasteiger charge is -2.26. The van der Waals surface area contributed by atoms with Gasteiger partial charge in [-0.15, -0.1) is 0 Å². The van der Waals surface area contributed by atoms with Crippen LogP contribution in [0.15, 0.2) is 0 Å². The van der Waals surface area contributed by atoms with Crippen molar-refractivity contribution in [3.8, 4) is 0 Å². The number of rotatable bonds is 4. The van der Waals surface area contributed by atoms with E-state index >= 15 is 0 Å². The molecule has 0 heteroatoms. The van der Waals surface area contributed by atoms with Crippen LogP contribution in [0.1, 0.15) is 65.2 Å². The van der Waals surface area contributed by atoms with Crippen molar-refractivity contribution in [2.45, 2.75) is 65.2 Å². The van der Waals surface area contributed by atoms with Gasteiger partial charge in [0.2, 0.25) is 0 Å². The summed E-state index contributed by atoms with van der Waals surface area (Å²) >= 11 is 0. The first kappa shape index (κ1) is 10.1. The van der Waals surface area contributed by atoms with Crippen molar-refractivity contribution >= 4 is 0 Å². The van der Waals surface area contributed by atoms with Gasteiger partial charge in [0.05, 0.1) is 0 Å². The second kappa shape index (κ2) is 5.61. The van der Waals surface area contributed by atoms with E-state index in [1.807, 2.05) is 0 Å². The molecule has 0 N–H and O–H groups in total. The van der Waals surface area contributed by atoms with Gasteiger partial charge < -0.3 is 0 Å². The molecule has 0 aromatic heterocycles. The maximum atomic E-state index is 2.42. The fraction of sp³-hybridized carbons (Fsp3) is 1.00. The van der Waals surface area contributed by atoms with Crippen molar-refractivity contribution in [1.29, 1.82) is 0 Å². The molecule has 72 valence electrons. The van der Waals surface area contributed by atoms with E-state index in [-0.39, 0.29) is 0 Å². The zero-order valence-corrected chi connectivity index (χ0v) is 8.81. The normalized spacial score (nSPS) is 30.5. The van der Waals surface area contributed by atoms with Crippen molar-refractivity contribution in [2.75, 3.05) is 0 Å². The summed E-state index contributed by atoms with van der Waals surface area (Å²) in [6, 6.07) is 0. The molecule has 2 atom stereocenters. The zero-order valence-electron chi connectivity index (χ0n) is 8.81. The minimum absolute atomic E-state index is 1.02. The first-order valence-corrected chi connectivity index (χ1v) is 5.83. The van der Waals surface area contributed by atoms with E-state index in [9.17, 15) is 0 Å². The van der Waals surface area contributed by atoms with Crippen LogP contribution < -0.4 is 0 Å². The molecule has 0 aromatic rings. The molecular weight excluding hydrogens is 144 g/mol. The smallest absolute Gasteiger partial charge is 0.0412 e. The SMILES string of the molecule is CCCCCC1CCCC(C)C1. The second-order valence-electron chi connectivity index (χ2n) is 4.63. The predicted molar refractivity (Wildman–Crippen MR) is 55.3 cm³/mol. The Labute approximate surface area is 77.7 Å². The van der Waals surface area contributed by atoms with Crippen LogP contribution in [0.3, 0.4) is 0 Å². The minimum Gasteiger partial charge on any atom is -0.0654 e. The minimum atomic E-state index is 1.02. The van der Waals surface area contributed by atoms with Crippen LogP contribution in [0.4, 0.5) is 0 Å². The van der Waals surface area contributed by atoms with E-state index in [0.29, 0.717) is 0 Å². The Morgan fingerprint density at radius 1 is 1.17 bits per heavy atom. The van der Waals surface area contributed by atoms with Crippen LogP contribution in [0.2, 0.25) is 0 Å². The molecule has 1 aliphatic carbocycles. The standard InChI is InChI=1S/C12H24/c1-3-4-5-8-12-9-6-7-11(2)10-12/h11-12H,3-10H2,1-2H3. The van der Waals surface area contributed by atoms with Crippen molar-refractivity contribution in [1.82, 2.24) is 0 Å². The van der Waals surface area contributed by atoms with Crippen molar-refractivity contribution in [3.63, 3.8) is 0 Å². The van der Waals surface area contributed by atoms with Crippen molar-refractivity contribution in [2.24, 2.45) is 11.8 Å². The summed E-state index contributed by atoms with van der Waals surface area (Å²) in [7, 11) is 0. The highest BCUT2D eigenvalue weighted by Crippen LogP contribution is 2.31. The maximum absolute atomic E-state index is 2.42. The van der Waals surface area contributed by atoms with Gasteiger partial charge in [-0.2, -0.15) is 0 Å². The Hall–Kier alpha value is 0. The lowest BCUT2D eigenvalue weighted by molar-refractivity contribution is 0.264. The second-order valence-corrected chi connectivity index (χ2v) is 4.63. The topological polar surface area (TPSA) is 0 Å². The average molecular weight is 168 g/mol. The van der Waals surface area contributed by atoms with Gasteiger partial charge in [0.15, 0.2) is 0 Å².